The fourth-order valence-electron chi connectivity index (χ4n) is 2.85. The SMILES string of the molecule is C[C@@H](N)C(=O)N1CCN(c2cnn(-c3ccccc3)c(=O)c2Cl)CC1.Cl. The molecule has 1 aromatic carbocycles. The van der Waals surface area contributed by atoms with Crippen molar-refractivity contribution < 1.29 is 4.79 Å². The average Bonchev–Trinajstić information content (AvgIpc) is 2.64. The van der Waals surface area contributed by atoms with Crippen LogP contribution in [0, 0.1) is 0 Å². The second-order valence-electron chi connectivity index (χ2n) is 6.00. The molecule has 0 aliphatic carbocycles. The highest BCUT2D eigenvalue weighted by molar-refractivity contribution is 6.33. The molecule has 26 heavy (non-hydrogen) atoms. The number of hydrogen-bond donors (Lipinski definition) is 1. The Labute approximate surface area is 162 Å². The molecule has 1 amide bonds. The Morgan fingerprint density at radius 1 is 1.19 bits per heavy atom. The third-order valence-corrected chi connectivity index (χ3v) is 4.58. The number of carbonyl (C=O) groups is 1. The Kier molecular flexibility index (Phi) is 6.63. The Hall–Kier alpha value is -2.09. The van der Waals surface area contributed by atoms with Gasteiger partial charge in [-0.3, -0.25) is 9.59 Å². The summed E-state index contributed by atoms with van der Waals surface area (Å²) in [4.78, 5) is 28.2. The number of aromatic nitrogens is 2. The van der Waals surface area contributed by atoms with E-state index in [9.17, 15) is 9.59 Å². The molecule has 0 spiro atoms. The molecule has 1 aromatic heterocycles. The molecule has 3 rings (SSSR count). The molecule has 0 unspecified atom stereocenters. The van der Waals surface area contributed by atoms with Gasteiger partial charge in [0, 0.05) is 26.2 Å². The molecule has 140 valence electrons. The van der Waals surface area contributed by atoms with Crippen LogP contribution in [0.4, 0.5) is 5.69 Å². The number of nitrogens with zero attached hydrogens (tertiary/aromatic N) is 4. The van der Waals surface area contributed by atoms with Gasteiger partial charge in [-0.05, 0) is 19.1 Å². The van der Waals surface area contributed by atoms with E-state index in [1.54, 1.807) is 30.2 Å². The number of amides is 1. The number of nitrogens with two attached hydrogens (primary N) is 1. The highest BCUT2D eigenvalue weighted by Crippen LogP contribution is 2.23. The molecular formula is C17H21Cl2N5O2. The molecule has 1 fully saturated rings. The molecule has 1 aliphatic heterocycles. The van der Waals surface area contributed by atoms with Gasteiger partial charge in [0.15, 0.2) is 0 Å². The topological polar surface area (TPSA) is 84.5 Å². The predicted octanol–water partition coefficient (Wildman–Crippen LogP) is 1.30. The lowest BCUT2D eigenvalue weighted by Gasteiger charge is -2.36. The van der Waals surface area contributed by atoms with E-state index in [2.05, 4.69) is 5.10 Å². The van der Waals surface area contributed by atoms with E-state index in [0.717, 1.165) is 0 Å². The van der Waals surface area contributed by atoms with Crippen LogP contribution in [0.5, 0.6) is 0 Å². The van der Waals surface area contributed by atoms with Crippen LogP contribution in [0.15, 0.2) is 41.3 Å². The number of hydrogen-bond acceptors (Lipinski definition) is 5. The fraction of sp³-hybridized carbons (Fsp3) is 0.353. The molecule has 1 atom stereocenters. The number of halogens is 2. The minimum Gasteiger partial charge on any atom is -0.365 e. The Bertz CT molecular complexity index is 818. The van der Waals surface area contributed by atoms with Gasteiger partial charge in [-0.15, -0.1) is 12.4 Å². The summed E-state index contributed by atoms with van der Waals surface area (Å²) in [6.07, 6.45) is 1.60. The van der Waals surface area contributed by atoms with Gasteiger partial charge in [-0.1, -0.05) is 29.8 Å². The standard InChI is InChI=1S/C17H20ClN5O2.ClH/c1-12(19)16(24)22-9-7-21(8-10-22)14-11-20-23(17(25)15(14)18)13-5-3-2-4-6-13;/h2-6,11-12H,7-10,19H2,1H3;1H/t12-;/m1./s1. The van der Waals surface area contributed by atoms with E-state index in [1.165, 1.54) is 4.68 Å². The lowest BCUT2D eigenvalue weighted by Crippen LogP contribution is -2.52. The first-order chi connectivity index (χ1) is 12.0. The third-order valence-electron chi connectivity index (χ3n) is 4.22. The van der Waals surface area contributed by atoms with Crippen molar-refractivity contribution in [2.75, 3.05) is 31.1 Å². The molecule has 2 aromatic rings. The lowest BCUT2D eigenvalue weighted by molar-refractivity contribution is -0.132. The number of benzene rings is 1. The fourth-order valence-corrected chi connectivity index (χ4v) is 3.10. The van der Waals surface area contributed by atoms with Crippen LogP contribution in [-0.2, 0) is 4.79 Å². The van der Waals surface area contributed by atoms with E-state index in [0.29, 0.717) is 37.6 Å². The van der Waals surface area contributed by atoms with E-state index < -0.39 is 6.04 Å². The molecule has 0 radical (unpaired) electrons. The maximum Gasteiger partial charge on any atom is 0.292 e. The smallest absolute Gasteiger partial charge is 0.292 e. The van der Waals surface area contributed by atoms with Gasteiger partial charge in [0.05, 0.1) is 23.6 Å². The van der Waals surface area contributed by atoms with Gasteiger partial charge >= 0.3 is 0 Å². The first kappa shape index (κ1) is 20.2. The first-order valence-electron chi connectivity index (χ1n) is 8.11. The van der Waals surface area contributed by atoms with Crippen molar-refractivity contribution in [1.29, 1.82) is 0 Å². The zero-order valence-electron chi connectivity index (χ0n) is 14.3. The molecule has 0 bridgehead atoms. The molecule has 2 heterocycles. The minimum atomic E-state index is -0.508. The number of piperazine rings is 1. The van der Waals surface area contributed by atoms with Gasteiger partial charge in [0.1, 0.15) is 5.02 Å². The van der Waals surface area contributed by atoms with Crippen molar-refractivity contribution in [2.24, 2.45) is 5.73 Å². The highest BCUT2D eigenvalue weighted by Gasteiger charge is 2.25. The molecule has 0 saturated carbocycles. The molecule has 2 N–H and O–H groups in total. The molecule has 9 heteroatoms. The summed E-state index contributed by atoms with van der Waals surface area (Å²) in [5, 5.41) is 4.37. The van der Waals surface area contributed by atoms with E-state index in [-0.39, 0.29) is 28.9 Å². The summed E-state index contributed by atoms with van der Waals surface area (Å²) >= 11 is 6.32. The summed E-state index contributed by atoms with van der Waals surface area (Å²) < 4.78 is 1.28. The minimum absolute atomic E-state index is 0. The van der Waals surface area contributed by atoms with Crippen molar-refractivity contribution in [3.05, 3.63) is 51.9 Å². The quantitative estimate of drug-likeness (QED) is 0.843. The second kappa shape index (κ2) is 8.53. The maximum atomic E-state index is 12.6. The summed E-state index contributed by atoms with van der Waals surface area (Å²) in [5.41, 5.74) is 6.54. The number of rotatable bonds is 3. The van der Waals surface area contributed by atoms with Crippen LogP contribution in [0.25, 0.3) is 5.69 Å². The zero-order valence-corrected chi connectivity index (χ0v) is 15.9. The lowest BCUT2D eigenvalue weighted by atomic mass is 10.2. The van der Waals surface area contributed by atoms with E-state index >= 15 is 0 Å². The van der Waals surface area contributed by atoms with Gasteiger partial charge in [0.25, 0.3) is 5.56 Å². The van der Waals surface area contributed by atoms with Crippen LogP contribution in [0.2, 0.25) is 5.02 Å². The average molecular weight is 398 g/mol. The summed E-state index contributed by atoms with van der Waals surface area (Å²) in [7, 11) is 0. The summed E-state index contributed by atoms with van der Waals surface area (Å²) in [6, 6.07) is 8.62. The van der Waals surface area contributed by atoms with Crippen LogP contribution in [-0.4, -0.2) is 52.8 Å². The molecule has 7 nitrogen and oxygen atoms in total. The predicted molar refractivity (Wildman–Crippen MR) is 105 cm³/mol. The largest absolute Gasteiger partial charge is 0.365 e. The number of anilines is 1. The van der Waals surface area contributed by atoms with Crippen LogP contribution >= 0.6 is 24.0 Å². The van der Waals surface area contributed by atoms with Crippen LogP contribution < -0.4 is 16.2 Å². The van der Waals surface area contributed by atoms with Crippen molar-refractivity contribution in [2.45, 2.75) is 13.0 Å². The van der Waals surface area contributed by atoms with Crippen molar-refractivity contribution in [3.8, 4) is 5.69 Å². The Morgan fingerprint density at radius 2 is 1.81 bits per heavy atom. The normalized spacial score (nSPS) is 15.3. The maximum absolute atomic E-state index is 12.6. The zero-order chi connectivity index (χ0) is 18.0. The molecule has 1 aliphatic rings. The van der Waals surface area contributed by atoms with Crippen molar-refractivity contribution >= 4 is 35.6 Å². The summed E-state index contributed by atoms with van der Waals surface area (Å²) in [5.74, 6) is -0.0663. The molecular weight excluding hydrogens is 377 g/mol. The second-order valence-corrected chi connectivity index (χ2v) is 6.38. The van der Waals surface area contributed by atoms with Crippen LogP contribution in [0.1, 0.15) is 6.92 Å². The number of para-hydroxylation sites is 1. The van der Waals surface area contributed by atoms with Gasteiger partial charge < -0.3 is 15.5 Å². The molecule has 1 saturated heterocycles. The third kappa shape index (κ3) is 4.00. The first-order valence-corrected chi connectivity index (χ1v) is 8.49. The van der Waals surface area contributed by atoms with Crippen LogP contribution in [0.3, 0.4) is 0 Å². The van der Waals surface area contributed by atoms with Gasteiger partial charge in [0.2, 0.25) is 5.91 Å². The van der Waals surface area contributed by atoms with E-state index in [1.807, 2.05) is 23.1 Å². The van der Waals surface area contributed by atoms with Gasteiger partial charge in [-0.2, -0.15) is 9.78 Å². The van der Waals surface area contributed by atoms with E-state index in [4.69, 9.17) is 17.3 Å². The summed E-state index contributed by atoms with van der Waals surface area (Å²) in [6.45, 7) is 3.92. The Balaban J connectivity index is 0.00000243. The van der Waals surface area contributed by atoms with Gasteiger partial charge in [-0.25, -0.2) is 0 Å². The van der Waals surface area contributed by atoms with Crippen molar-refractivity contribution in [1.82, 2.24) is 14.7 Å². The number of carbonyl (C=O) groups excluding carboxylic acids is 1. The van der Waals surface area contributed by atoms with Crippen molar-refractivity contribution in [3.63, 3.8) is 0 Å². The highest BCUT2D eigenvalue weighted by atomic mass is 35.5. The Morgan fingerprint density at radius 3 is 2.38 bits per heavy atom. The monoisotopic (exact) mass is 397 g/mol.